The third kappa shape index (κ3) is 3.66. The molecule has 0 fully saturated rings. The van der Waals surface area contributed by atoms with Crippen LogP contribution in [0.3, 0.4) is 0 Å². The van der Waals surface area contributed by atoms with E-state index in [4.69, 9.17) is 34.7 Å². The third-order valence-electron chi connectivity index (χ3n) is 2.10. The molecule has 1 atom stereocenters. The van der Waals surface area contributed by atoms with Crippen molar-refractivity contribution in [3.8, 4) is 12.3 Å². The first-order chi connectivity index (χ1) is 8.45. The van der Waals surface area contributed by atoms with E-state index in [1.807, 2.05) is 0 Å². The van der Waals surface area contributed by atoms with Crippen molar-refractivity contribution < 1.29 is 14.7 Å². The number of hydrogen-bond donors (Lipinski definition) is 2. The summed E-state index contributed by atoms with van der Waals surface area (Å²) in [5, 5.41) is 11.7. The summed E-state index contributed by atoms with van der Waals surface area (Å²) in [6.07, 6.45) is 4.92. The van der Waals surface area contributed by atoms with Crippen LogP contribution in [-0.2, 0) is 4.79 Å². The number of rotatable bonds is 4. The van der Waals surface area contributed by atoms with Crippen molar-refractivity contribution in [2.75, 3.05) is 0 Å². The molecule has 0 saturated carbocycles. The molecule has 1 aromatic carbocycles. The van der Waals surface area contributed by atoms with Crippen molar-refractivity contribution in [1.29, 1.82) is 0 Å². The molecule has 1 rings (SSSR count). The highest BCUT2D eigenvalue weighted by Gasteiger charge is 2.20. The van der Waals surface area contributed by atoms with E-state index in [1.54, 1.807) is 0 Å². The van der Waals surface area contributed by atoms with E-state index in [9.17, 15) is 9.59 Å². The number of nitrogens with one attached hydrogen (secondary N) is 1. The number of carbonyl (C=O) groups is 2. The minimum atomic E-state index is -1.20. The Bertz CT molecular complexity index is 523. The number of amides is 1. The molecule has 1 aromatic rings. The molecule has 2 N–H and O–H groups in total. The van der Waals surface area contributed by atoms with E-state index in [0.717, 1.165) is 0 Å². The lowest BCUT2D eigenvalue weighted by atomic mass is 10.1. The lowest BCUT2D eigenvalue weighted by Gasteiger charge is -2.12. The standard InChI is InChI=1S/C12H9Cl2NO3/c1-2-3-10(12(17)18)15-11(16)8-5-4-7(13)6-9(8)14/h1,4-6,10H,3H2,(H,15,16)(H,17,18). The quantitative estimate of drug-likeness (QED) is 0.834. The lowest BCUT2D eigenvalue weighted by molar-refractivity contribution is -0.139. The second kappa shape index (κ2) is 6.29. The molecule has 1 amide bonds. The summed E-state index contributed by atoms with van der Waals surface area (Å²) in [6.45, 7) is 0. The zero-order chi connectivity index (χ0) is 13.7. The average molecular weight is 286 g/mol. The number of terminal acetylenes is 1. The van der Waals surface area contributed by atoms with Gasteiger partial charge in [0.05, 0.1) is 10.6 Å². The van der Waals surface area contributed by atoms with Crippen LogP contribution in [0.2, 0.25) is 10.0 Å². The van der Waals surface area contributed by atoms with Crippen LogP contribution in [0.25, 0.3) is 0 Å². The molecule has 0 aliphatic heterocycles. The van der Waals surface area contributed by atoms with Crippen LogP contribution in [-0.4, -0.2) is 23.0 Å². The number of carboxylic acids is 1. The fraction of sp³-hybridized carbons (Fsp3) is 0.167. The number of aliphatic carboxylic acids is 1. The van der Waals surface area contributed by atoms with Gasteiger partial charge in [0, 0.05) is 11.4 Å². The smallest absolute Gasteiger partial charge is 0.327 e. The molecular weight excluding hydrogens is 277 g/mol. The fourth-order valence-electron chi connectivity index (χ4n) is 1.23. The molecule has 4 nitrogen and oxygen atoms in total. The summed E-state index contributed by atoms with van der Waals surface area (Å²) in [7, 11) is 0. The lowest BCUT2D eigenvalue weighted by Crippen LogP contribution is -2.40. The molecule has 18 heavy (non-hydrogen) atoms. The summed E-state index contributed by atoms with van der Waals surface area (Å²) in [5.74, 6) is 0.366. The zero-order valence-corrected chi connectivity index (χ0v) is 10.6. The van der Waals surface area contributed by atoms with Gasteiger partial charge in [0.1, 0.15) is 6.04 Å². The van der Waals surface area contributed by atoms with Gasteiger partial charge in [0.25, 0.3) is 5.91 Å². The Hall–Kier alpha value is -1.70. The van der Waals surface area contributed by atoms with Gasteiger partial charge >= 0.3 is 5.97 Å². The average Bonchev–Trinajstić information content (AvgIpc) is 2.27. The summed E-state index contributed by atoms with van der Waals surface area (Å²) in [5.41, 5.74) is 0.143. The van der Waals surface area contributed by atoms with Gasteiger partial charge < -0.3 is 10.4 Å². The zero-order valence-electron chi connectivity index (χ0n) is 9.11. The summed E-state index contributed by atoms with van der Waals surface area (Å²) < 4.78 is 0. The van der Waals surface area contributed by atoms with Crippen molar-refractivity contribution >= 4 is 35.1 Å². The predicted molar refractivity (Wildman–Crippen MR) is 68.8 cm³/mol. The van der Waals surface area contributed by atoms with E-state index in [1.165, 1.54) is 18.2 Å². The monoisotopic (exact) mass is 285 g/mol. The van der Waals surface area contributed by atoms with Gasteiger partial charge in [-0.05, 0) is 18.2 Å². The molecule has 6 heteroatoms. The second-order valence-electron chi connectivity index (χ2n) is 3.40. The number of halogens is 2. The summed E-state index contributed by atoms with van der Waals surface area (Å²) in [6, 6.07) is 3.15. The maximum absolute atomic E-state index is 11.8. The molecule has 0 aromatic heterocycles. The molecule has 0 aliphatic carbocycles. The van der Waals surface area contributed by atoms with Crippen LogP contribution in [0.1, 0.15) is 16.8 Å². The van der Waals surface area contributed by atoms with E-state index in [0.29, 0.717) is 5.02 Å². The highest BCUT2D eigenvalue weighted by molar-refractivity contribution is 6.36. The molecule has 0 spiro atoms. The number of hydrogen-bond acceptors (Lipinski definition) is 2. The first kappa shape index (κ1) is 14.4. The topological polar surface area (TPSA) is 66.4 Å². The highest BCUT2D eigenvalue weighted by Crippen LogP contribution is 2.20. The van der Waals surface area contributed by atoms with Crippen LogP contribution in [0.5, 0.6) is 0 Å². The molecule has 0 heterocycles. The second-order valence-corrected chi connectivity index (χ2v) is 4.24. The van der Waals surface area contributed by atoms with Gasteiger partial charge in [0.2, 0.25) is 0 Å². The minimum Gasteiger partial charge on any atom is -0.480 e. The Morgan fingerprint density at radius 3 is 2.61 bits per heavy atom. The number of carbonyl (C=O) groups excluding carboxylic acids is 1. The first-order valence-electron chi connectivity index (χ1n) is 4.88. The Labute approximate surface area is 114 Å². The number of benzene rings is 1. The third-order valence-corrected chi connectivity index (χ3v) is 2.65. The van der Waals surface area contributed by atoms with E-state index in [2.05, 4.69) is 11.2 Å². The van der Waals surface area contributed by atoms with Gasteiger partial charge in [-0.1, -0.05) is 23.2 Å². The minimum absolute atomic E-state index is 0.105. The van der Waals surface area contributed by atoms with Crippen molar-refractivity contribution in [3.05, 3.63) is 33.8 Å². The maximum atomic E-state index is 11.8. The van der Waals surface area contributed by atoms with Crippen LogP contribution in [0.15, 0.2) is 18.2 Å². The van der Waals surface area contributed by atoms with E-state index < -0.39 is 17.9 Å². The van der Waals surface area contributed by atoms with Gasteiger partial charge in [-0.2, -0.15) is 0 Å². The molecule has 0 bridgehead atoms. The summed E-state index contributed by atoms with van der Waals surface area (Å²) in [4.78, 5) is 22.6. The van der Waals surface area contributed by atoms with Gasteiger partial charge in [0.15, 0.2) is 0 Å². The molecular formula is C12H9Cl2NO3. The van der Waals surface area contributed by atoms with E-state index in [-0.39, 0.29) is 17.0 Å². The van der Waals surface area contributed by atoms with Crippen molar-refractivity contribution in [2.45, 2.75) is 12.5 Å². The highest BCUT2D eigenvalue weighted by atomic mass is 35.5. The first-order valence-corrected chi connectivity index (χ1v) is 5.63. The Morgan fingerprint density at radius 2 is 2.11 bits per heavy atom. The largest absolute Gasteiger partial charge is 0.480 e. The van der Waals surface area contributed by atoms with Crippen LogP contribution in [0, 0.1) is 12.3 Å². The Kier molecular flexibility index (Phi) is 5.02. The Balaban J connectivity index is 2.87. The SMILES string of the molecule is C#CCC(NC(=O)c1ccc(Cl)cc1Cl)C(=O)O. The van der Waals surface area contributed by atoms with Crippen molar-refractivity contribution in [2.24, 2.45) is 0 Å². The van der Waals surface area contributed by atoms with Crippen LogP contribution < -0.4 is 5.32 Å². The Morgan fingerprint density at radius 1 is 1.44 bits per heavy atom. The molecule has 94 valence electrons. The van der Waals surface area contributed by atoms with Crippen LogP contribution >= 0.6 is 23.2 Å². The fourth-order valence-corrected chi connectivity index (χ4v) is 1.72. The van der Waals surface area contributed by atoms with Crippen molar-refractivity contribution in [3.63, 3.8) is 0 Å². The van der Waals surface area contributed by atoms with Crippen LogP contribution in [0.4, 0.5) is 0 Å². The number of carboxylic acid groups (broad SMARTS) is 1. The van der Waals surface area contributed by atoms with Crippen molar-refractivity contribution in [1.82, 2.24) is 5.32 Å². The maximum Gasteiger partial charge on any atom is 0.327 e. The van der Waals surface area contributed by atoms with E-state index >= 15 is 0 Å². The molecule has 0 saturated heterocycles. The van der Waals surface area contributed by atoms with Gasteiger partial charge in [-0.3, -0.25) is 4.79 Å². The summed E-state index contributed by atoms with van der Waals surface area (Å²) >= 11 is 11.5. The molecule has 1 unspecified atom stereocenters. The van der Waals surface area contributed by atoms with Gasteiger partial charge in [-0.15, -0.1) is 12.3 Å². The molecule has 0 aliphatic rings. The predicted octanol–water partition coefficient (Wildman–Crippen LogP) is 2.20. The molecule has 0 radical (unpaired) electrons. The normalized spacial score (nSPS) is 11.4. The van der Waals surface area contributed by atoms with Gasteiger partial charge in [-0.25, -0.2) is 4.79 Å².